The minimum absolute atomic E-state index is 0.0544. The highest BCUT2D eigenvalue weighted by Crippen LogP contribution is 2.42. The predicted molar refractivity (Wildman–Crippen MR) is 165 cm³/mol. The van der Waals surface area contributed by atoms with Crippen molar-refractivity contribution in [2.45, 2.75) is 72.1 Å². The molecule has 0 N–H and O–H groups in total. The molecule has 238 valence electrons. The fourth-order valence-electron chi connectivity index (χ4n) is 5.71. The van der Waals surface area contributed by atoms with Crippen molar-refractivity contribution in [3.8, 4) is 28.4 Å². The maximum atomic E-state index is 13.9. The van der Waals surface area contributed by atoms with Crippen molar-refractivity contribution in [3.05, 3.63) is 87.3 Å². The lowest BCUT2D eigenvalue weighted by atomic mass is 9.87. The van der Waals surface area contributed by atoms with E-state index in [0.717, 1.165) is 35.3 Å². The summed E-state index contributed by atoms with van der Waals surface area (Å²) in [5.41, 5.74) is 3.76. The SMILES string of the molecule is CC(=O)C(OC(C)(C)C)c1c(-c2ccc3c(c2C)CCCO3)c2ccc(OCc3ccc(OC(F)(F)F)cc3)cc2c(=O)n1C. The molecule has 1 atom stereocenters. The van der Waals surface area contributed by atoms with Gasteiger partial charge in [0.1, 0.15) is 23.9 Å². The Morgan fingerprint density at radius 2 is 1.69 bits per heavy atom. The average molecular weight is 624 g/mol. The molecule has 1 aliphatic heterocycles. The Labute approximate surface area is 259 Å². The molecule has 45 heavy (non-hydrogen) atoms. The third-order valence-electron chi connectivity index (χ3n) is 7.72. The zero-order valence-electron chi connectivity index (χ0n) is 26.1. The summed E-state index contributed by atoms with van der Waals surface area (Å²) in [5, 5.41) is 1.02. The van der Waals surface area contributed by atoms with Crippen molar-refractivity contribution < 1.29 is 36.9 Å². The highest BCUT2D eigenvalue weighted by molar-refractivity contribution is 6.01. The van der Waals surface area contributed by atoms with Crippen molar-refractivity contribution in [2.24, 2.45) is 7.05 Å². The van der Waals surface area contributed by atoms with Crippen LogP contribution in [0.1, 0.15) is 62.6 Å². The average Bonchev–Trinajstić information content (AvgIpc) is 2.97. The zero-order valence-corrected chi connectivity index (χ0v) is 26.1. The Bertz CT molecular complexity index is 1800. The zero-order chi connectivity index (χ0) is 32.7. The molecule has 4 aromatic rings. The maximum absolute atomic E-state index is 13.9. The molecule has 0 aliphatic carbocycles. The molecule has 5 rings (SSSR count). The van der Waals surface area contributed by atoms with Crippen LogP contribution in [0.2, 0.25) is 0 Å². The van der Waals surface area contributed by atoms with E-state index < -0.39 is 18.1 Å². The second-order valence-corrected chi connectivity index (χ2v) is 12.2. The van der Waals surface area contributed by atoms with Crippen LogP contribution in [-0.4, -0.2) is 28.9 Å². The quantitative estimate of drug-likeness (QED) is 0.200. The monoisotopic (exact) mass is 623 g/mol. The van der Waals surface area contributed by atoms with Crippen LogP contribution in [0.5, 0.6) is 17.2 Å². The molecule has 0 fully saturated rings. The molecule has 1 unspecified atom stereocenters. The number of benzene rings is 3. The first-order chi connectivity index (χ1) is 21.1. The standard InChI is InChI=1S/C35H36F3NO6/c1-20-25-8-7-17-42-29(25)16-15-26(20)30-27-14-13-24(43-19-22-9-11-23(12-10-22)44-35(36,37)38)18-28(27)33(41)39(6)31(30)32(21(2)40)45-34(3,4)5/h9-16,18,32H,7-8,17,19H2,1-6H3. The molecule has 1 aromatic heterocycles. The van der Waals surface area contributed by atoms with Crippen LogP contribution < -0.4 is 19.8 Å². The van der Waals surface area contributed by atoms with E-state index in [1.165, 1.54) is 35.8 Å². The number of carbonyl (C=O) groups is 1. The first-order valence-corrected chi connectivity index (χ1v) is 14.7. The van der Waals surface area contributed by atoms with E-state index in [9.17, 15) is 22.8 Å². The van der Waals surface area contributed by atoms with Gasteiger partial charge in [-0.25, -0.2) is 0 Å². The van der Waals surface area contributed by atoms with Crippen LogP contribution in [0.4, 0.5) is 13.2 Å². The summed E-state index contributed by atoms with van der Waals surface area (Å²) in [6, 6.07) is 14.5. The van der Waals surface area contributed by atoms with Gasteiger partial charge >= 0.3 is 6.36 Å². The lowest BCUT2D eigenvalue weighted by Crippen LogP contribution is -2.32. The molecule has 7 nitrogen and oxygen atoms in total. The summed E-state index contributed by atoms with van der Waals surface area (Å²) in [6.45, 7) is 9.79. The summed E-state index contributed by atoms with van der Waals surface area (Å²) in [5.74, 6) is 0.678. The number of pyridine rings is 1. The number of hydrogen-bond donors (Lipinski definition) is 0. The molecular formula is C35H36F3NO6. The molecule has 1 aliphatic rings. The summed E-state index contributed by atoms with van der Waals surface area (Å²) in [7, 11) is 1.64. The first-order valence-electron chi connectivity index (χ1n) is 14.7. The van der Waals surface area contributed by atoms with Gasteiger partial charge in [0.25, 0.3) is 5.56 Å². The van der Waals surface area contributed by atoms with Crippen LogP contribution in [0, 0.1) is 6.92 Å². The number of halogens is 3. The number of nitrogens with zero attached hydrogens (tertiary/aromatic N) is 1. The van der Waals surface area contributed by atoms with Crippen molar-refractivity contribution >= 4 is 16.6 Å². The molecule has 3 aromatic carbocycles. The molecule has 0 radical (unpaired) electrons. The van der Waals surface area contributed by atoms with Crippen molar-refractivity contribution in [1.82, 2.24) is 4.57 Å². The van der Waals surface area contributed by atoms with Gasteiger partial charge in [-0.1, -0.05) is 18.2 Å². The molecule has 2 heterocycles. The maximum Gasteiger partial charge on any atom is 0.573 e. The Kier molecular flexibility index (Phi) is 8.72. The van der Waals surface area contributed by atoms with E-state index in [1.807, 2.05) is 39.8 Å². The lowest BCUT2D eigenvalue weighted by molar-refractivity contribution is -0.274. The highest BCUT2D eigenvalue weighted by Gasteiger charge is 2.33. The number of ketones is 1. The van der Waals surface area contributed by atoms with Gasteiger partial charge in [-0.2, -0.15) is 0 Å². The van der Waals surface area contributed by atoms with Crippen LogP contribution in [-0.2, 0) is 29.6 Å². The number of Topliss-reactive ketones (excluding diaryl/α,β-unsaturated/α-hetero) is 1. The molecule has 0 spiro atoms. The normalized spacial score (nSPS) is 14.1. The predicted octanol–water partition coefficient (Wildman–Crippen LogP) is 7.76. The van der Waals surface area contributed by atoms with Crippen molar-refractivity contribution in [1.29, 1.82) is 0 Å². The number of ether oxygens (including phenoxy) is 4. The van der Waals surface area contributed by atoms with Crippen LogP contribution in [0.25, 0.3) is 21.9 Å². The van der Waals surface area contributed by atoms with E-state index in [1.54, 1.807) is 25.2 Å². The van der Waals surface area contributed by atoms with E-state index in [0.29, 0.717) is 39.9 Å². The topological polar surface area (TPSA) is 76.0 Å². The van der Waals surface area contributed by atoms with Crippen LogP contribution in [0.15, 0.2) is 59.4 Å². The fraction of sp³-hybridized carbons (Fsp3) is 0.371. The molecule has 0 bridgehead atoms. The van der Waals surface area contributed by atoms with E-state index in [4.69, 9.17) is 14.2 Å². The van der Waals surface area contributed by atoms with Crippen LogP contribution in [0.3, 0.4) is 0 Å². The third kappa shape index (κ3) is 7.01. The second kappa shape index (κ2) is 12.2. The Morgan fingerprint density at radius 1 is 1.00 bits per heavy atom. The minimum Gasteiger partial charge on any atom is -0.493 e. The number of aromatic nitrogens is 1. The van der Waals surface area contributed by atoms with Gasteiger partial charge in [-0.15, -0.1) is 13.2 Å². The van der Waals surface area contributed by atoms with Gasteiger partial charge < -0.3 is 23.5 Å². The van der Waals surface area contributed by atoms with E-state index >= 15 is 0 Å². The summed E-state index contributed by atoms with van der Waals surface area (Å²) < 4.78 is 61.1. The highest BCUT2D eigenvalue weighted by atomic mass is 19.4. The third-order valence-corrected chi connectivity index (χ3v) is 7.72. The smallest absolute Gasteiger partial charge is 0.493 e. The van der Waals surface area contributed by atoms with Gasteiger partial charge in [0.05, 0.1) is 23.3 Å². The van der Waals surface area contributed by atoms with Crippen molar-refractivity contribution in [2.75, 3.05) is 6.61 Å². The number of alkyl halides is 3. The second-order valence-electron chi connectivity index (χ2n) is 12.2. The van der Waals surface area contributed by atoms with Gasteiger partial charge in [0.15, 0.2) is 11.9 Å². The lowest BCUT2D eigenvalue weighted by Gasteiger charge is -2.30. The van der Waals surface area contributed by atoms with Crippen LogP contribution >= 0.6 is 0 Å². The Morgan fingerprint density at radius 3 is 2.33 bits per heavy atom. The van der Waals surface area contributed by atoms with Gasteiger partial charge in [-0.3, -0.25) is 9.59 Å². The number of fused-ring (bicyclic) bond motifs is 2. The molecule has 0 saturated carbocycles. The van der Waals surface area contributed by atoms with Gasteiger partial charge in [0.2, 0.25) is 0 Å². The van der Waals surface area contributed by atoms with Gasteiger partial charge in [0, 0.05) is 12.6 Å². The van der Waals surface area contributed by atoms with E-state index in [-0.39, 0.29) is 23.7 Å². The number of carbonyl (C=O) groups excluding carboxylic acids is 1. The number of hydrogen-bond acceptors (Lipinski definition) is 6. The van der Waals surface area contributed by atoms with Gasteiger partial charge in [-0.05, 0) is 111 Å². The summed E-state index contributed by atoms with van der Waals surface area (Å²) >= 11 is 0. The molecule has 0 amide bonds. The first kappa shape index (κ1) is 32.1. The summed E-state index contributed by atoms with van der Waals surface area (Å²) in [4.78, 5) is 27.1. The minimum atomic E-state index is -4.78. The Hall–Kier alpha value is -4.31. The largest absolute Gasteiger partial charge is 0.573 e. The van der Waals surface area contributed by atoms with E-state index in [2.05, 4.69) is 4.74 Å². The fourth-order valence-corrected chi connectivity index (χ4v) is 5.71. The molecular weight excluding hydrogens is 587 g/mol. The Balaban J connectivity index is 1.62. The number of rotatable bonds is 8. The molecule has 10 heteroatoms. The summed E-state index contributed by atoms with van der Waals surface area (Å²) in [6.07, 6.45) is -4.04. The molecule has 0 saturated heterocycles. The van der Waals surface area contributed by atoms with Crippen molar-refractivity contribution in [3.63, 3.8) is 0 Å².